The molecule has 0 fully saturated rings. The molecule has 2 rings (SSSR count). The van der Waals surface area contributed by atoms with Crippen LogP contribution in [0.15, 0.2) is 48.5 Å². The van der Waals surface area contributed by atoms with Crippen molar-refractivity contribution in [3.8, 4) is 0 Å². The van der Waals surface area contributed by atoms with E-state index in [1.807, 2.05) is 0 Å². The summed E-state index contributed by atoms with van der Waals surface area (Å²) in [5.41, 5.74) is 0.856. The van der Waals surface area contributed by atoms with Gasteiger partial charge in [0.25, 0.3) is 0 Å². The van der Waals surface area contributed by atoms with Crippen molar-refractivity contribution in [3.63, 3.8) is 0 Å². The summed E-state index contributed by atoms with van der Waals surface area (Å²) < 4.78 is 20.4. The second kappa shape index (κ2) is 14.4. The van der Waals surface area contributed by atoms with E-state index in [4.69, 9.17) is 29.2 Å². The Bertz CT molecular complexity index is 951. The molecule has 0 heterocycles. The summed E-state index contributed by atoms with van der Waals surface area (Å²) in [5.74, 6) is -2.78. The van der Waals surface area contributed by atoms with Gasteiger partial charge in [-0.25, -0.2) is 19.2 Å². The summed E-state index contributed by atoms with van der Waals surface area (Å²) in [7, 11) is 0. The third kappa shape index (κ3) is 9.00. The van der Waals surface area contributed by atoms with Crippen molar-refractivity contribution in [1.29, 1.82) is 0 Å². The standard InChI is InChI=1S/C24H26O10/c25-11-1-2-12-32-22(28)19-7-9-20(10-8-19)24(30)34-16-14-31-13-15-33-23(29)18-5-3-17(4-6-18)21(26)27/h3-10,25H,1-2,11-16H2,(H,26,27). The van der Waals surface area contributed by atoms with Crippen LogP contribution < -0.4 is 0 Å². The van der Waals surface area contributed by atoms with E-state index in [2.05, 4.69) is 0 Å². The highest BCUT2D eigenvalue weighted by Gasteiger charge is 2.11. The first-order valence-electron chi connectivity index (χ1n) is 10.6. The molecule has 0 aromatic heterocycles. The number of aliphatic hydroxyl groups excluding tert-OH is 1. The monoisotopic (exact) mass is 474 g/mol. The number of carboxylic acids is 1. The number of benzene rings is 2. The van der Waals surface area contributed by atoms with Gasteiger partial charge in [-0.2, -0.15) is 0 Å². The molecule has 0 aliphatic rings. The largest absolute Gasteiger partial charge is 0.478 e. The predicted octanol–water partition coefficient (Wildman–Crippen LogP) is 2.34. The molecule has 2 N–H and O–H groups in total. The summed E-state index contributed by atoms with van der Waals surface area (Å²) in [6.45, 7) is 0.394. The first-order valence-corrected chi connectivity index (χ1v) is 10.6. The Labute approximate surface area is 196 Å². The van der Waals surface area contributed by atoms with Crippen LogP contribution in [-0.2, 0) is 18.9 Å². The molecule has 0 aliphatic heterocycles. The Balaban J connectivity index is 1.60. The number of esters is 3. The third-order valence-electron chi connectivity index (χ3n) is 4.43. The van der Waals surface area contributed by atoms with Crippen LogP contribution in [0.3, 0.4) is 0 Å². The van der Waals surface area contributed by atoms with Gasteiger partial charge < -0.3 is 29.2 Å². The highest BCUT2D eigenvalue weighted by molar-refractivity contribution is 5.93. The van der Waals surface area contributed by atoms with Crippen molar-refractivity contribution in [2.24, 2.45) is 0 Å². The van der Waals surface area contributed by atoms with Crippen LogP contribution in [0.2, 0.25) is 0 Å². The average Bonchev–Trinajstić information content (AvgIpc) is 2.85. The van der Waals surface area contributed by atoms with Crippen molar-refractivity contribution >= 4 is 23.9 Å². The van der Waals surface area contributed by atoms with Crippen LogP contribution in [0.1, 0.15) is 54.3 Å². The minimum atomic E-state index is -1.09. The molecular formula is C24H26O10. The zero-order valence-electron chi connectivity index (χ0n) is 18.4. The van der Waals surface area contributed by atoms with E-state index in [0.717, 1.165) is 0 Å². The van der Waals surface area contributed by atoms with Crippen LogP contribution in [0, 0.1) is 0 Å². The lowest BCUT2D eigenvalue weighted by molar-refractivity contribution is 0.0150. The summed E-state index contributed by atoms with van der Waals surface area (Å²) in [6.07, 6.45) is 1.12. The van der Waals surface area contributed by atoms with Gasteiger partial charge >= 0.3 is 23.9 Å². The normalized spacial score (nSPS) is 10.4. The van der Waals surface area contributed by atoms with Crippen LogP contribution in [0.5, 0.6) is 0 Å². The average molecular weight is 474 g/mol. The van der Waals surface area contributed by atoms with E-state index in [1.165, 1.54) is 48.5 Å². The lowest BCUT2D eigenvalue weighted by Gasteiger charge is -2.08. The minimum Gasteiger partial charge on any atom is -0.478 e. The molecule has 34 heavy (non-hydrogen) atoms. The number of carbonyl (C=O) groups excluding carboxylic acids is 3. The highest BCUT2D eigenvalue weighted by Crippen LogP contribution is 2.09. The van der Waals surface area contributed by atoms with E-state index in [9.17, 15) is 19.2 Å². The molecule has 0 radical (unpaired) electrons. The molecule has 10 heteroatoms. The number of rotatable bonds is 14. The van der Waals surface area contributed by atoms with Crippen molar-refractivity contribution in [2.45, 2.75) is 12.8 Å². The topological polar surface area (TPSA) is 146 Å². The summed E-state index contributed by atoms with van der Waals surface area (Å²) in [5, 5.41) is 17.5. The van der Waals surface area contributed by atoms with Crippen LogP contribution in [0.4, 0.5) is 0 Å². The molecule has 0 saturated carbocycles. The van der Waals surface area contributed by atoms with E-state index >= 15 is 0 Å². The van der Waals surface area contributed by atoms with Gasteiger partial charge in [0.1, 0.15) is 13.2 Å². The molecule has 0 aliphatic carbocycles. The van der Waals surface area contributed by atoms with Gasteiger partial charge in [-0.3, -0.25) is 0 Å². The quantitative estimate of drug-likeness (QED) is 0.238. The maximum atomic E-state index is 12.0. The van der Waals surface area contributed by atoms with E-state index in [0.29, 0.717) is 18.4 Å². The number of hydrogen-bond donors (Lipinski definition) is 2. The Hall–Kier alpha value is -3.76. The number of aliphatic hydroxyl groups is 1. The zero-order valence-corrected chi connectivity index (χ0v) is 18.4. The number of carbonyl (C=O) groups is 4. The van der Waals surface area contributed by atoms with Crippen molar-refractivity contribution < 1.29 is 48.3 Å². The fourth-order valence-electron chi connectivity index (χ4n) is 2.61. The first kappa shape index (κ1) is 26.5. The van der Waals surface area contributed by atoms with Crippen molar-refractivity contribution in [1.82, 2.24) is 0 Å². The first-order chi connectivity index (χ1) is 16.4. The van der Waals surface area contributed by atoms with Crippen LogP contribution >= 0.6 is 0 Å². The summed E-state index contributed by atoms with van der Waals surface area (Å²) in [6, 6.07) is 11.2. The van der Waals surface area contributed by atoms with Gasteiger partial charge in [-0.05, 0) is 61.4 Å². The van der Waals surface area contributed by atoms with E-state index in [-0.39, 0.29) is 56.3 Å². The number of hydrogen-bond acceptors (Lipinski definition) is 9. The Morgan fingerprint density at radius 1 is 0.559 bits per heavy atom. The van der Waals surface area contributed by atoms with Gasteiger partial charge in [0, 0.05) is 6.61 Å². The SMILES string of the molecule is O=C(O)c1ccc(C(=O)OCCOCCOC(=O)c2ccc(C(=O)OCCCCO)cc2)cc1. The number of ether oxygens (including phenoxy) is 4. The molecule has 0 amide bonds. The predicted molar refractivity (Wildman–Crippen MR) is 118 cm³/mol. The molecule has 182 valence electrons. The molecular weight excluding hydrogens is 448 g/mol. The zero-order chi connectivity index (χ0) is 24.8. The molecule has 2 aromatic rings. The Morgan fingerprint density at radius 3 is 1.32 bits per heavy atom. The second-order valence-corrected chi connectivity index (χ2v) is 6.91. The lowest BCUT2D eigenvalue weighted by atomic mass is 10.1. The van der Waals surface area contributed by atoms with Crippen molar-refractivity contribution in [2.75, 3.05) is 39.6 Å². The Morgan fingerprint density at radius 2 is 0.941 bits per heavy atom. The summed E-state index contributed by atoms with van der Waals surface area (Å²) >= 11 is 0. The van der Waals surface area contributed by atoms with Crippen LogP contribution in [-0.4, -0.2) is 73.7 Å². The molecule has 0 unspecified atom stereocenters. The van der Waals surface area contributed by atoms with Gasteiger partial charge in [0.15, 0.2) is 0 Å². The summed E-state index contributed by atoms with van der Waals surface area (Å²) in [4.78, 5) is 46.6. The highest BCUT2D eigenvalue weighted by atomic mass is 16.6. The van der Waals surface area contributed by atoms with Gasteiger partial charge in [0.05, 0.1) is 42.1 Å². The second-order valence-electron chi connectivity index (χ2n) is 6.91. The van der Waals surface area contributed by atoms with E-state index in [1.54, 1.807) is 0 Å². The molecule has 0 atom stereocenters. The van der Waals surface area contributed by atoms with Crippen LogP contribution in [0.25, 0.3) is 0 Å². The van der Waals surface area contributed by atoms with Gasteiger partial charge in [-0.1, -0.05) is 0 Å². The van der Waals surface area contributed by atoms with Gasteiger partial charge in [-0.15, -0.1) is 0 Å². The maximum Gasteiger partial charge on any atom is 0.338 e. The molecule has 10 nitrogen and oxygen atoms in total. The molecule has 0 saturated heterocycles. The fraction of sp³-hybridized carbons (Fsp3) is 0.333. The lowest BCUT2D eigenvalue weighted by Crippen LogP contribution is -2.15. The number of unbranched alkanes of at least 4 members (excludes halogenated alkanes) is 1. The third-order valence-corrected chi connectivity index (χ3v) is 4.43. The number of carboxylic acid groups (broad SMARTS) is 1. The fourth-order valence-corrected chi connectivity index (χ4v) is 2.61. The Kier molecular flexibility index (Phi) is 11.2. The number of aromatic carboxylic acids is 1. The van der Waals surface area contributed by atoms with Crippen molar-refractivity contribution in [3.05, 3.63) is 70.8 Å². The molecule has 2 aromatic carbocycles. The van der Waals surface area contributed by atoms with Gasteiger partial charge in [0.2, 0.25) is 0 Å². The molecule has 0 bridgehead atoms. The van der Waals surface area contributed by atoms with E-state index < -0.39 is 23.9 Å². The smallest absolute Gasteiger partial charge is 0.338 e. The minimum absolute atomic E-state index is 0.0158. The molecule has 0 spiro atoms. The maximum absolute atomic E-state index is 12.0.